The molecule has 0 fully saturated rings. The van der Waals surface area contributed by atoms with Crippen LogP contribution in [0.25, 0.3) is 11.0 Å². The largest absolute Gasteiger partial charge is 0.506 e. The van der Waals surface area contributed by atoms with E-state index in [4.69, 9.17) is 9.15 Å². The van der Waals surface area contributed by atoms with Crippen molar-refractivity contribution in [1.82, 2.24) is 0 Å². The number of rotatable bonds is 3. The van der Waals surface area contributed by atoms with Crippen LogP contribution < -0.4 is 4.74 Å². The Balaban J connectivity index is 2.13. The van der Waals surface area contributed by atoms with Crippen LogP contribution in [0.15, 0.2) is 50.0 Å². The summed E-state index contributed by atoms with van der Waals surface area (Å²) in [7, 11) is 1.57. The maximum atomic E-state index is 12.7. The Bertz CT molecular complexity index is 866. The Morgan fingerprint density at radius 2 is 1.91 bits per heavy atom. The van der Waals surface area contributed by atoms with E-state index < -0.39 is 0 Å². The summed E-state index contributed by atoms with van der Waals surface area (Å²) in [5.74, 6) is 0.512. The fourth-order valence-electron chi connectivity index (χ4n) is 2.18. The highest BCUT2D eigenvalue weighted by Gasteiger charge is 2.21. The van der Waals surface area contributed by atoms with Crippen molar-refractivity contribution in [2.75, 3.05) is 7.11 Å². The average Bonchev–Trinajstić information content (AvgIpc) is 2.96. The summed E-state index contributed by atoms with van der Waals surface area (Å²) in [6.45, 7) is 0. The van der Waals surface area contributed by atoms with Crippen LogP contribution in [0, 0.1) is 0 Å². The van der Waals surface area contributed by atoms with Crippen molar-refractivity contribution in [3.8, 4) is 11.5 Å². The minimum absolute atomic E-state index is 0.0256. The fourth-order valence-corrected chi connectivity index (χ4v) is 3.47. The van der Waals surface area contributed by atoms with Gasteiger partial charge in [0, 0.05) is 10.9 Å². The Hall–Kier alpha value is -1.79. The molecule has 0 aliphatic rings. The van der Waals surface area contributed by atoms with Gasteiger partial charge >= 0.3 is 0 Å². The van der Waals surface area contributed by atoms with E-state index in [-0.39, 0.29) is 11.5 Å². The number of carbonyl (C=O) groups is 1. The first-order valence-electron chi connectivity index (χ1n) is 6.30. The molecule has 0 aliphatic carbocycles. The zero-order valence-corrected chi connectivity index (χ0v) is 14.6. The van der Waals surface area contributed by atoms with E-state index in [0.29, 0.717) is 36.8 Å². The van der Waals surface area contributed by atoms with Gasteiger partial charge in [0.15, 0.2) is 5.78 Å². The highest BCUT2D eigenvalue weighted by molar-refractivity contribution is 9.11. The van der Waals surface area contributed by atoms with Crippen molar-refractivity contribution in [3.63, 3.8) is 0 Å². The molecule has 3 rings (SSSR count). The van der Waals surface area contributed by atoms with Crippen LogP contribution in [0.3, 0.4) is 0 Å². The molecule has 112 valence electrons. The third kappa shape index (κ3) is 2.42. The molecule has 0 aliphatic heterocycles. The van der Waals surface area contributed by atoms with Gasteiger partial charge in [-0.15, -0.1) is 0 Å². The van der Waals surface area contributed by atoms with Crippen LogP contribution >= 0.6 is 31.9 Å². The minimum atomic E-state index is -0.191. The summed E-state index contributed by atoms with van der Waals surface area (Å²) in [5, 5.41) is 10.5. The quantitative estimate of drug-likeness (QED) is 0.606. The molecule has 6 heteroatoms. The number of ether oxygens (including phenoxy) is 1. The monoisotopic (exact) mass is 424 g/mol. The smallest absolute Gasteiger partial charge is 0.196 e. The van der Waals surface area contributed by atoms with Gasteiger partial charge in [-0.2, -0.15) is 0 Å². The Morgan fingerprint density at radius 1 is 1.23 bits per heavy atom. The van der Waals surface area contributed by atoms with Crippen LogP contribution in [0.5, 0.6) is 11.5 Å². The topological polar surface area (TPSA) is 59.7 Å². The molecular weight excluding hydrogens is 416 g/mol. The maximum absolute atomic E-state index is 12.7. The molecule has 1 aromatic heterocycles. The third-order valence-corrected chi connectivity index (χ3v) is 4.70. The van der Waals surface area contributed by atoms with E-state index in [1.807, 2.05) is 0 Å². The molecule has 0 spiro atoms. The number of phenolic OH excluding ortho intramolecular Hbond substituents is 1. The number of carbonyl (C=O) groups excluding carboxylic acids is 1. The molecule has 1 N–H and O–H groups in total. The molecule has 0 unspecified atom stereocenters. The first-order chi connectivity index (χ1) is 10.5. The maximum Gasteiger partial charge on any atom is 0.196 e. The van der Waals surface area contributed by atoms with Crippen molar-refractivity contribution in [1.29, 1.82) is 0 Å². The number of halogens is 2. The summed E-state index contributed by atoms with van der Waals surface area (Å²) >= 11 is 6.55. The van der Waals surface area contributed by atoms with Crippen molar-refractivity contribution < 1.29 is 19.1 Å². The first-order valence-corrected chi connectivity index (χ1v) is 7.88. The molecule has 3 aromatic rings. The molecule has 0 saturated heterocycles. The number of fused-ring (bicyclic) bond motifs is 1. The normalized spacial score (nSPS) is 10.9. The number of hydrogen-bond acceptors (Lipinski definition) is 4. The highest BCUT2D eigenvalue weighted by atomic mass is 79.9. The molecule has 22 heavy (non-hydrogen) atoms. The Morgan fingerprint density at radius 3 is 2.55 bits per heavy atom. The van der Waals surface area contributed by atoms with E-state index in [1.165, 1.54) is 6.26 Å². The SMILES string of the molecule is COc1ccc(C(=O)c2coc3cc(Br)c(O)c(Br)c23)cc1. The van der Waals surface area contributed by atoms with Gasteiger partial charge in [-0.1, -0.05) is 0 Å². The Labute approximate surface area is 142 Å². The molecule has 0 atom stereocenters. The molecule has 0 amide bonds. The van der Waals surface area contributed by atoms with Crippen LogP contribution in [0.4, 0.5) is 0 Å². The number of phenols is 1. The van der Waals surface area contributed by atoms with E-state index >= 15 is 0 Å². The van der Waals surface area contributed by atoms with Crippen molar-refractivity contribution >= 4 is 48.6 Å². The molecule has 0 saturated carbocycles. The van der Waals surface area contributed by atoms with Gasteiger partial charge < -0.3 is 14.3 Å². The molecular formula is C16H10Br2O4. The van der Waals surface area contributed by atoms with E-state index in [9.17, 15) is 9.90 Å². The average molecular weight is 426 g/mol. The van der Waals surface area contributed by atoms with Gasteiger partial charge in [-0.25, -0.2) is 0 Å². The van der Waals surface area contributed by atoms with Crippen LogP contribution in [0.1, 0.15) is 15.9 Å². The lowest BCUT2D eigenvalue weighted by molar-refractivity contribution is 0.103. The zero-order valence-electron chi connectivity index (χ0n) is 11.4. The lowest BCUT2D eigenvalue weighted by atomic mass is 10.0. The molecule has 0 bridgehead atoms. The number of ketones is 1. The minimum Gasteiger partial charge on any atom is -0.506 e. The highest BCUT2D eigenvalue weighted by Crippen LogP contribution is 2.41. The number of aromatic hydroxyl groups is 1. The van der Waals surface area contributed by atoms with Crippen LogP contribution in [0.2, 0.25) is 0 Å². The van der Waals surface area contributed by atoms with Crippen LogP contribution in [-0.4, -0.2) is 18.0 Å². The molecule has 4 nitrogen and oxygen atoms in total. The predicted molar refractivity (Wildman–Crippen MR) is 89.7 cm³/mol. The summed E-state index contributed by atoms with van der Waals surface area (Å²) in [4.78, 5) is 12.7. The van der Waals surface area contributed by atoms with Gasteiger partial charge in [0.05, 0.1) is 21.6 Å². The summed E-state index contributed by atoms with van der Waals surface area (Å²) in [5.41, 5.74) is 1.40. The molecule has 2 aromatic carbocycles. The standard InChI is InChI=1S/C16H10Br2O4/c1-21-9-4-2-8(3-5-9)15(19)10-7-22-12-6-11(17)16(20)14(18)13(10)12/h2-7,20H,1H3. The van der Waals surface area contributed by atoms with E-state index in [0.717, 1.165) is 0 Å². The second kappa shape index (κ2) is 5.78. The van der Waals surface area contributed by atoms with Gasteiger partial charge in [0.1, 0.15) is 23.3 Å². The number of furan rings is 1. The zero-order chi connectivity index (χ0) is 15.9. The van der Waals surface area contributed by atoms with Crippen LogP contribution in [-0.2, 0) is 0 Å². The fraction of sp³-hybridized carbons (Fsp3) is 0.0625. The Kier molecular flexibility index (Phi) is 3.97. The van der Waals surface area contributed by atoms with Gasteiger partial charge in [-0.3, -0.25) is 4.79 Å². The van der Waals surface area contributed by atoms with Crippen molar-refractivity contribution in [2.24, 2.45) is 0 Å². The molecule has 1 heterocycles. The number of benzene rings is 2. The lowest BCUT2D eigenvalue weighted by Crippen LogP contribution is -2.00. The number of methoxy groups -OCH3 is 1. The van der Waals surface area contributed by atoms with E-state index in [1.54, 1.807) is 37.4 Å². The van der Waals surface area contributed by atoms with Gasteiger partial charge in [-0.05, 0) is 62.2 Å². The number of hydrogen-bond donors (Lipinski definition) is 1. The third-order valence-electron chi connectivity index (χ3n) is 3.33. The summed E-state index contributed by atoms with van der Waals surface area (Å²) in [6.07, 6.45) is 1.40. The van der Waals surface area contributed by atoms with Crippen molar-refractivity contribution in [2.45, 2.75) is 0 Å². The predicted octanol–water partition coefficient (Wildman–Crippen LogP) is 4.90. The molecule has 0 radical (unpaired) electrons. The summed E-state index contributed by atoms with van der Waals surface area (Å²) < 4.78 is 11.4. The van der Waals surface area contributed by atoms with Crippen molar-refractivity contribution in [3.05, 3.63) is 56.7 Å². The first kappa shape index (κ1) is 15.1. The summed E-state index contributed by atoms with van der Waals surface area (Å²) in [6, 6.07) is 8.44. The second-order valence-corrected chi connectivity index (χ2v) is 6.25. The second-order valence-electron chi connectivity index (χ2n) is 4.60. The van der Waals surface area contributed by atoms with Gasteiger partial charge in [0.25, 0.3) is 0 Å². The van der Waals surface area contributed by atoms with E-state index in [2.05, 4.69) is 31.9 Å². The van der Waals surface area contributed by atoms with Gasteiger partial charge in [0.2, 0.25) is 0 Å². The lowest BCUT2D eigenvalue weighted by Gasteiger charge is -2.04.